The molecule has 3 heteroatoms. The highest BCUT2D eigenvalue weighted by molar-refractivity contribution is 5.76. The van der Waals surface area contributed by atoms with E-state index in [2.05, 4.69) is 5.32 Å². The van der Waals surface area contributed by atoms with Gasteiger partial charge in [0.2, 0.25) is 5.91 Å². The van der Waals surface area contributed by atoms with Gasteiger partial charge in [0.15, 0.2) is 0 Å². The number of aliphatic hydroxyl groups excluding tert-OH is 1. The van der Waals surface area contributed by atoms with E-state index in [0.717, 1.165) is 19.3 Å². The molecule has 0 aliphatic carbocycles. The summed E-state index contributed by atoms with van der Waals surface area (Å²) in [6.07, 6.45) is 3.25. The second kappa shape index (κ2) is 7.10. The first-order valence-electron chi connectivity index (χ1n) is 4.64. The second-order valence-electron chi connectivity index (χ2n) is 2.99. The molecule has 12 heavy (non-hydrogen) atoms. The number of hydrogen-bond acceptors (Lipinski definition) is 2. The Hall–Kier alpha value is -0.570. The van der Waals surface area contributed by atoms with Gasteiger partial charge in [-0.25, -0.2) is 0 Å². The van der Waals surface area contributed by atoms with Crippen LogP contribution in [0.2, 0.25) is 0 Å². The highest BCUT2D eigenvalue weighted by Crippen LogP contribution is 1.96. The minimum absolute atomic E-state index is 0.0449. The highest BCUT2D eigenvalue weighted by Gasteiger charge is 2.08. The van der Waals surface area contributed by atoms with Gasteiger partial charge in [-0.1, -0.05) is 20.3 Å². The molecular weight excluding hydrogens is 154 g/mol. The Bertz CT molecular complexity index is 126. The van der Waals surface area contributed by atoms with Gasteiger partial charge in [0.25, 0.3) is 0 Å². The topological polar surface area (TPSA) is 49.3 Å². The van der Waals surface area contributed by atoms with Crippen molar-refractivity contribution in [1.29, 1.82) is 0 Å². The molecule has 0 aromatic rings. The Morgan fingerprint density at radius 1 is 1.42 bits per heavy atom. The molecule has 1 unspecified atom stereocenters. The first kappa shape index (κ1) is 11.4. The molecule has 72 valence electrons. The Morgan fingerprint density at radius 3 is 2.50 bits per heavy atom. The van der Waals surface area contributed by atoms with Crippen molar-refractivity contribution in [3.05, 3.63) is 0 Å². The fourth-order valence-corrected chi connectivity index (χ4v) is 1.08. The Labute approximate surface area is 74.2 Å². The zero-order valence-electron chi connectivity index (χ0n) is 7.97. The van der Waals surface area contributed by atoms with Crippen LogP contribution < -0.4 is 5.32 Å². The fraction of sp³-hybridized carbons (Fsp3) is 0.889. The monoisotopic (exact) mass is 173 g/mol. The fourth-order valence-electron chi connectivity index (χ4n) is 1.08. The molecule has 0 radical (unpaired) electrons. The lowest BCUT2D eigenvalue weighted by atomic mass is 10.1. The molecule has 0 bridgehead atoms. The SMILES string of the molecule is CCCC(=O)NC(CO)CCC. The summed E-state index contributed by atoms with van der Waals surface area (Å²) in [6, 6.07) is -0.0472. The van der Waals surface area contributed by atoms with Crippen LogP contribution in [0.5, 0.6) is 0 Å². The molecule has 0 aliphatic heterocycles. The van der Waals surface area contributed by atoms with Crippen LogP contribution in [0.3, 0.4) is 0 Å². The van der Waals surface area contributed by atoms with E-state index in [4.69, 9.17) is 5.11 Å². The molecule has 0 saturated heterocycles. The van der Waals surface area contributed by atoms with Crippen molar-refractivity contribution in [2.24, 2.45) is 0 Å². The molecule has 0 aromatic heterocycles. The molecule has 3 nitrogen and oxygen atoms in total. The molecule has 0 saturated carbocycles. The average Bonchev–Trinajstić information content (AvgIpc) is 2.04. The average molecular weight is 173 g/mol. The molecule has 0 spiro atoms. The summed E-state index contributed by atoms with van der Waals surface area (Å²) in [4.78, 5) is 11.1. The summed E-state index contributed by atoms with van der Waals surface area (Å²) >= 11 is 0. The third kappa shape index (κ3) is 5.13. The van der Waals surface area contributed by atoms with Crippen molar-refractivity contribution in [1.82, 2.24) is 5.32 Å². The van der Waals surface area contributed by atoms with Crippen molar-refractivity contribution < 1.29 is 9.90 Å². The third-order valence-corrected chi connectivity index (χ3v) is 1.70. The quantitative estimate of drug-likeness (QED) is 0.631. The molecule has 1 atom stereocenters. The normalized spacial score (nSPS) is 12.6. The molecule has 2 N–H and O–H groups in total. The second-order valence-corrected chi connectivity index (χ2v) is 2.99. The number of carbonyl (C=O) groups is 1. The van der Waals surface area contributed by atoms with Crippen LogP contribution in [0.4, 0.5) is 0 Å². The zero-order valence-corrected chi connectivity index (χ0v) is 7.97. The number of amides is 1. The zero-order chi connectivity index (χ0) is 9.40. The predicted molar refractivity (Wildman–Crippen MR) is 48.8 cm³/mol. The summed E-state index contributed by atoms with van der Waals surface area (Å²) in [5.41, 5.74) is 0. The van der Waals surface area contributed by atoms with Crippen LogP contribution in [0.15, 0.2) is 0 Å². The van der Waals surface area contributed by atoms with E-state index in [-0.39, 0.29) is 18.6 Å². The van der Waals surface area contributed by atoms with Gasteiger partial charge in [-0.15, -0.1) is 0 Å². The van der Waals surface area contributed by atoms with Gasteiger partial charge in [0.05, 0.1) is 12.6 Å². The minimum Gasteiger partial charge on any atom is -0.394 e. The lowest BCUT2D eigenvalue weighted by Crippen LogP contribution is -2.37. The maximum Gasteiger partial charge on any atom is 0.220 e. The van der Waals surface area contributed by atoms with Crippen molar-refractivity contribution in [3.63, 3.8) is 0 Å². The third-order valence-electron chi connectivity index (χ3n) is 1.70. The summed E-state index contributed by atoms with van der Waals surface area (Å²) in [7, 11) is 0. The molecule has 0 fully saturated rings. The number of aliphatic hydroxyl groups is 1. The van der Waals surface area contributed by atoms with E-state index in [9.17, 15) is 4.79 Å². The molecule has 1 amide bonds. The molecular formula is C9H19NO2. The van der Waals surface area contributed by atoms with Crippen LogP contribution in [0.1, 0.15) is 39.5 Å². The van der Waals surface area contributed by atoms with Gasteiger partial charge in [-0.2, -0.15) is 0 Å². The van der Waals surface area contributed by atoms with E-state index < -0.39 is 0 Å². The lowest BCUT2D eigenvalue weighted by molar-refractivity contribution is -0.122. The van der Waals surface area contributed by atoms with Crippen molar-refractivity contribution >= 4 is 5.91 Å². The van der Waals surface area contributed by atoms with Crippen LogP contribution in [0, 0.1) is 0 Å². The molecule has 0 rings (SSSR count). The van der Waals surface area contributed by atoms with E-state index in [1.54, 1.807) is 0 Å². The van der Waals surface area contributed by atoms with Crippen molar-refractivity contribution in [2.45, 2.75) is 45.6 Å². The predicted octanol–water partition coefficient (Wildman–Crippen LogP) is 1.06. The van der Waals surface area contributed by atoms with Gasteiger partial charge < -0.3 is 10.4 Å². The van der Waals surface area contributed by atoms with Gasteiger partial charge in [0, 0.05) is 6.42 Å². The highest BCUT2D eigenvalue weighted by atomic mass is 16.3. The maximum atomic E-state index is 11.1. The number of hydrogen-bond donors (Lipinski definition) is 2. The van der Waals surface area contributed by atoms with E-state index in [0.29, 0.717) is 6.42 Å². The molecule has 0 heterocycles. The van der Waals surface area contributed by atoms with Gasteiger partial charge in [-0.05, 0) is 12.8 Å². The first-order valence-corrected chi connectivity index (χ1v) is 4.64. The largest absolute Gasteiger partial charge is 0.394 e. The van der Waals surface area contributed by atoms with Gasteiger partial charge >= 0.3 is 0 Å². The number of rotatable bonds is 6. The summed E-state index contributed by atoms with van der Waals surface area (Å²) < 4.78 is 0. The molecule has 0 aliphatic rings. The van der Waals surface area contributed by atoms with Gasteiger partial charge in [0.1, 0.15) is 0 Å². The lowest BCUT2D eigenvalue weighted by Gasteiger charge is -2.14. The number of nitrogens with one attached hydrogen (secondary N) is 1. The smallest absolute Gasteiger partial charge is 0.220 e. The van der Waals surface area contributed by atoms with E-state index in [1.807, 2.05) is 13.8 Å². The molecule has 0 aromatic carbocycles. The number of carbonyl (C=O) groups excluding carboxylic acids is 1. The van der Waals surface area contributed by atoms with Gasteiger partial charge in [-0.3, -0.25) is 4.79 Å². The first-order chi connectivity index (χ1) is 5.74. The Balaban J connectivity index is 3.61. The van der Waals surface area contributed by atoms with E-state index >= 15 is 0 Å². The van der Waals surface area contributed by atoms with Crippen LogP contribution in [-0.4, -0.2) is 23.7 Å². The van der Waals surface area contributed by atoms with Crippen LogP contribution in [-0.2, 0) is 4.79 Å². The van der Waals surface area contributed by atoms with Crippen molar-refractivity contribution in [3.8, 4) is 0 Å². The Kier molecular flexibility index (Phi) is 6.76. The van der Waals surface area contributed by atoms with Crippen molar-refractivity contribution in [2.75, 3.05) is 6.61 Å². The van der Waals surface area contributed by atoms with Crippen LogP contribution >= 0.6 is 0 Å². The minimum atomic E-state index is -0.0472. The Morgan fingerprint density at radius 2 is 2.08 bits per heavy atom. The maximum absolute atomic E-state index is 11.1. The standard InChI is InChI=1S/C9H19NO2/c1-3-5-8(7-11)10-9(12)6-4-2/h8,11H,3-7H2,1-2H3,(H,10,12). The van der Waals surface area contributed by atoms with E-state index in [1.165, 1.54) is 0 Å². The summed E-state index contributed by atoms with van der Waals surface area (Å²) in [6.45, 7) is 4.05. The summed E-state index contributed by atoms with van der Waals surface area (Å²) in [5.74, 6) is 0.0463. The summed E-state index contributed by atoms with van der Waals surface area (Å²) in [5, 5.41) is 11.6. The van der Waals surface area contributed by atoms with Crippen LogP contribution in [0.25, 0.3) is 0 Å².